The van der Waals surface area contributed by atoms with E-state index in [-0.39, 0.29) is 36.3 Å². The third-order valence-corrected chi connectivity index (χ3v) is 7.75. The van der Waals surface area contributed by atoms with Crippen LogP contribution in [0.5, 0.6) is 0 Å². The van der Waals surface area contributed by atoms with Crippen molar-refractivity contribution >= 4 is 18.0 Å². The Balaban J connectivity index is 1.17. The Bertz CT molecular complexity index is 1100. The van der Waals surface area contributed by atoms with E-state index in [1.807, 2.05) is 24.3 Å². The van der Waals surface area contributed by atoms with Crippen LogP contribution in [0.1, 0.15) is 50.2 Å². The quantitative estimate of drug-likeness (QED) is 0.579. The van der Waals surface area contributed by atoms with Gasteiger partial charge in [-0.3, -0.25) is 4.79 Å². The van der Waals surface area contributed by atoms with Crippen molar-refractivity contribution in [3.05, 3.63) is 59.7 Å². The van der Waals surface area contributed by atoms with Gasteiger partial charge in [0.05, 0.1) is 5.41 Å². The smallest absolute Gasteiger partial charge is 0.407 e. The van der Waals surface area contributed by atoms with Crippen molar-refractivity contribution in [1.29, 1.82) is 0 Å². The van der Waals surface area contributed by atoms with Crippen LogP contribution in [0, 0.1) is 17.3 Å². The average Bonchev–Trinajstić information content (AvgIpc) is 3.24. The Labute approximate surface area is 198 Å². The molecule has 0 spiro atoms. The molecule has 3 N–H and O–H groups in total. The van der Waals surface area contributed by atoms with Gasteiger partial charge in [-0.05, 0) is 53.4 Å². The van der Waals surface area contributed by atoms with Gasteiger partial charge in [-0.1, -0.05) is 62.4 Å². The summed E-state index contributed by atoms with van der Waals surface area (Å²) in [6.45, 7) is 3.80. The van der Waals surface area contributed by atoms with Crippen LogP contribution in [0.4, 0.5) is 4.79 Å². The molecule has 7 heteroatoms. The van der Waals surface area contributed by atoms with Crippen LogP contribution in [0.25, 0.3) is 11.1 Å². The lowest BCUT2D eigenvalue weighted by atomic mass is 9.98. The highest BCUT2D eigenvalue weighted by molar-refractivity contribution is 5.90. The van der Waals surface area contributed by atoms with Gasteiger partial charge in [-0.25, -0.2) is 9.59 Å². The van der Waals surface area contributed by atoms with Crippen LogP contribution < -0.4 is 10.6 Å². The van der Waals surface area contributed by atoms with E-state index in [4.69, 9.17) is 4.74 Å². The SMILES string of the molecule is CC(C)C(NC(=O)C12CC(NC(=O)OCC3c4ccccc4-c4ccccc43)CC1C2)C(=O)O. The van der Waals surface area contributed by atoms with Crippen molar-refractivity contribution in [2.24, 2.45) is 17.3 Å². The molecule has 2 amide bonds. The molecule has 178 valence electrons. The topological polar surface area (TPSA) is 105 Å². The molecule has 3 aliphatic carbocycles. The summed E-state index contributed by atoms with van der Waals surface area (Å²) < 4.78 is 5.64. The molecule has 5 rings (SSSR count). The van der Waals surface area contributed by atoms with Crippen LogP contribution in [0.2, 0.25) is 0 Å². The highest BCUT2D eigenvalue weighted by atomic mass is 16.5. The van der Waals surface area contributed by atoms with Crippen molar-refractivity contribution in [3.63, 3.8) is 0 Å². The predicted molar refractivity (Wildman–Crippen MR) is 126 cm³/mol. The van der Waals surface area contributed by atoms with E-state index in [9.17, 15) is 19.5 Å². The normalized spacial score (nSPS) is 25.1. The van der Waals surface area contributed by atoms with E-state index in [1.165, 1.54) is 11.1 Å². The summed E-state index contributed by atoms with van der Waals surface area (Å²) >= 11 is 0. The number of carbonyl (C=O) groups excluding carboxylic acids is 2. The van der Waals surface area contributed by atoms with E-state index < -0.39 is 23.5 Å². The maximum atomic E-state index is 12.9. The molecule has 2 aromatic rings. The summed E-state index contributed by atoms with van der Waals surface area (Å²) in [4.78, 5) is 37.0. The molecule has 2 fully saturated rings. The molecule has 0 radical (unpaired) electrons. The van der Waals surface area contributed by atoms with Crippen molar-refractivity contribution in [3.8, 4) is 11.1 Å². The summed E-state index contributed by atoms with van der Waals surface area (Å²) in [5.41, 5.74) is 4.11. The Hall–Kier alpha value is -3.35. The Morgan fingerprint density at radius 1 is 1.03 bits per heavy atom. The van der Waals surface area contributed by atoms with Crippen molar-refractivity contribution in [2.45, 2.75) is 51.1 Å². The number of alkyl carbamates (subject to hydrolysis) is 1. The number of carboxylic acid groups (broad SMARTS) is 1. The van der Waals surface area contributed by atoms with Gasteiger partial charge >= 0.3 is 12.1 Å². The van der Waals surface area contributed by atoms with E-state index in [2.05, 4.69) is 34.9 Å². The molecular weight excluding hydrogens is 432 g/mol. The molecular formula is C27H30N2O5. The van der Waals surface area contributed by atoms with Gasteiger partial charge in [0.25, 0.3) is 0 Å². The number of amides is 2. The van der Waals surface area contributed by atoms with Crippen LogP contribution >= 0.6 is 0 Å². The molecule has 0 aromatic heterocycles. The first-order valence-electron chi connectivity index (χ1n) is 12.0. The van der Waals surface area contributed by atoms with Crippen molar-refractivity contribution in [1.82, 2.24) is 10.6 Å². The van der Waals surface area contributed by atoms with Crippen LogP contribution in [0.3, 0.4) is 0 Å². The predicted octanol–water partition coefficient (Wildman–Crippen LogP) is 3.92. The molecule has 7 nitrogen and oxygen atoms in total. The monoisotopic (exact) mass is 462 g/mol. The van der Waals surface area contributed by atoms with Crippen LogP contribution in [0.15, 0.2) is 48.5 Å². The number of hydrogen-bond donors (Lipinski definition) is 3. The lowest BCUT2D eigenvalue weighted by Gasteiger charge is -2.22. The lowest BCUT2D eigenvalue weighted by molar-refractivity contribution is -0.144. The number of carbonyl (C=O) groups is 3. The van der Waals surface area contributed by atoms with Gasteiger partial charge in [-0.15, -0.1) is 0 Å². The number of ether oxygens (including phenoxy) is 1. The minimum absolute atomic E-state index is 0.00348. The first-order chi connectivity index (χ1) is 16.3. The van der Waals surface area contributed by atoms with Gasteiger partial charge < -0.3 is 20.5 Å². The first-order valence-corrected chi connectivity index (χ1v) is 12.0. The molecule has 0 heterocycles. The zero-order valence-corrected chi connectivity index (χ0v) is 19.4. The minimum atomic E-state index is -1.02. The number of carboxylic acids is 1. The number of hydrogen-bond acceptors (Lipinski definition) is 4. The molecule has 34 heavy (non-hydrogen) atoms. The Morgan fingerprint density at radius 2 is 1.65 bits per heavy atom. The van der Waals surface area contributed by atoms with E-state index >= 15 is 0 Å². The number of rotatable bonds is 7. The standard InChI is InChI=1S/C27H30N2O5/c1-15(2)23(24(30)31)29-25(32)27-12-16(27)11-17(13-27)28-26(33)34-14-22-20-9-5-3-7-18(20)19-8-4-6-10-21(19)22/h3-10,15-17,22-23H,11-14H2,1-2H3,(H,28,33)(H,29,32)(H,30,31). The summed E-state index contributed by atoms with van der Waals surface area (Å²) in [6, 6.07) is 15.3. The van der Waals surface area contributed by atoms with E-state index in [0.717, 1.165) is 17.5 Å². The lowest BCUT2D eigenvalue weighted by Crippen LogP contribution is -2.48. The van der Waals surface area contributed by atoms with Crippen molar-refractivity contribution in [2.75, 3.05) is 6.61 Å². The first kappa shape index (κ1) is 22.4. The Kier molecular flexibility index (Phi) is 5.58. The van der Waals surface area contributed by atoms with E-state index in [0.29, 0.717) is 12.8 Å². The fourth-order valence-electron chi connectivity index (χ4n) is 5.89. The molecule has 0 aliphatic heterocycles. The summed E-state index contributed by atoms with van der Waals surface area (Å²) in [5.74, 6) is -1.27. The van der Waals surface area contributed by atoms with Gasteiger partial charge in [0.15, 0.2) is 0 Å². The summed E-state index contributed by atoms with van der Waals surface area (Å²) in [5, 5.41) is 15.0. The maximum Gasteiger partial charge on any atom is 0.407 e. The summed E-state index contributed by atoms with van der Waals surface area (Å²) in [7, 11) is 0. The zero-order valence-electron chi connectivity index (χ0n) is 19.4. The molecule has 2 saturated carbocycles. The van der Waals surface area contributed by atoms with Gasteiger partial charge in [0.2, 0.25) is 5.91 Å². The average molecular weight is 463 g/mol. The number of nitrogens with one attached hydrogen (secondary N) is 2. The largest absolute Gasteiger partial charge is 0.480 e. The summed E-state index contributed by atoms with van der Waals surface area (Å²) in [6.07, 6.45) is 1.48. The number of benzene rings is 2. The second kappa shape index (κ2) is 8.46. The highest BCUT2D eigenvalue weighted by Gasteiger charge is 2.65. The fourth-order valence-corrected chi connectivity index (χ4v) is 5.89. The van der Waals surface area contributed by atoms with Crippen LogP contribution in [-0.4, -0.2) is 41.8 Å². The second-order valence-corrected chi connectivity index (χ2v) is 10.2. The van der Waals surface area contributed by atoms with E-state index in [1.54, 1.807) is 13.8 Å². The minimum Gasteiger partial charge on any atom is -0.480 e. The third-order valence-electron chi connectivity index (χ3n) is 7.75. The molecule has 3 aliphatic rings. The van der Waals surface area contributed by atoms with Gasteiger partial charge in [0, 0.05) is 12.0 Å². The maximum absolute atomic E-state index is 12.9. The zero-order chi connectivity index (χ0) is 24.0. The second-order valence-electron chi connectivity index (χ2n) is 10.2. The molecule has 0 bridgehead atoms. The van der Waals surface area contributed by atoms with Gasteiger partial charge in [-0.2, -0.15) is 0 Å². The molecule has 4 atom stereocenters. The molecule has 4 unspecified atom stereocenters. The number of aliphatic carboxylic acids is 1. The number of fused-ring (bicyclic) bond motifs is 4. The Morgan fingerprint density at radius 3 is 2.24 bits per heavy atom. The van der Waals surface area contributed by atoms with Crippen molar-refractivity contribution < 1.29 is 24.2 Å². The molecule has 2 aromatic carbocycles. The molecule has 0 saturated heterocycles. The highest BCUT2D eigenvalue weighted by Crippen LogP contribution is 2.63. The third kappa shape index (κ3) is 3.83. The fraction of sp³-hybridized carbons (Fsp3) is 0.444. The van der Waals surface area contributed by atoms with Crippen LogP contribution in [-0.2, 0) is 14.3 Å². The van der Waals surface area contributed by atoms with Gasteiger partial charge in [0.1, 0.15) is 12.6 Å².